The lowest BCUT2D eigenvalue weighted by atomic mass is 10.0. The van der Waals surface area contributed by atoms with Crippen molar-refractivity contribution in [3.8, 4) is 11.4 Å². The lowest BCUT2D eigenvalue weighted by Crippen LogP contribution is -2.31. The smallest absolute Gasteiger partial charge is 0.222 e. The lowest BCUT2D eigenvalue weighted by Gasteiger charge is -2.29. The van der Waals surface area contributed by atoms with Crippen molar-refractivity contribution in [2.45, 2.75) is 52.1 Å². The van der Waals surface area contributed by atoms with Crippen molar-refractivity contribution in [3.63, 3.8) is 0 Å². The molecule has 2 heterocycles. The maximum absolute atomic E-state index is 4.71. The van der Waals surface area contributed by atoms with Crippen molar-refractivity contribution in [1.29, 1.82) is 0 Å². The molecule has 20 heavy (non-hydrogen) atoms. The third-order valence-corrected chi connectivity index (χ3v) is 4.14. The zero-order chi connectivity index (χ0) is 14.1. The fraction of sp³-hybridized carbons (Fsp3) is 0.500. The fourth-order valence-corrected chi connectivity index (χ4v) is 2.78. The normalized spacial score (nSPS) is 21.4. The van der Waals surface area contributed by atoms with E-state index in [1.165, 1.54) is 5.56 Å². The van der Waals surface area contributed by atoms with Crippen LogP contribution in [0.1, 0.15) is 44.7 Å². The highest BCUT2D eigenvalue weighted by molar-refractivity contribution is 5.57. The Morgan fingerprint density at radius 2 is 1.95 bits per heavy atom. The van der Waals surface area contributed by atoms with Crippen molar-refractivity contribution in [1.82, 2.24) is 14.8 Å². The highest BCUT2D eigenvalue weighted by atomic mass is 15.4. The second kappa shape index (κ2) is 5.27. The number of hydrogen-bond acceptors (Lipinski definition) is 3. The lowest BCUT2D eigenvalue weighted by molar-refractivity contribution is 0.361. The van der Waals surface area contributed by atoms with E-state index in [9.17, 15) is 0 Å². The highest BCUT2D eigenvalue weighted by Crippen LogP contribution is 2.31. The summed E-state index contributed by atoms with van der Waals surface area (Å²) in [5.41, 5.74) is 2.34. The molecule has 0 amide bonds. The fourth-order valence-electron chi connectivity index (χ4n) is 2.78. The molecule has 1 aromatic carbocycles. The van der Waals surface area contributed by atoms with Crippen LogP contribution in [0.25, 0.3) is 11.4 Å². The zero-order valence-corrected chi connectivity index (χ0v) is 12.4. The van der Waals surface area contributed by atoms with Crippen LogP contribution in [-0.2, 0) is 0 Å². The van der Waals surface area contributed by atoms with E-state index in [4.69, 9.17) is 5.10 Å². The van der Waals surface area contributed by atoms with Crippen LogP contribution in [0.4, 0.5) is 5.95 Å². The molecule has 0 spiro atoms. The number of benzene rings is 1. The molecule has 3 rings (SSSR count). The zero-order valence-electron chi connectivity index (χ0n) is 12.4. The van der Waals surface area contributed by atoms with Gasteiger partial charge in [0.1, 0.15) is 0 Å². The summed E-state index contributed by atoms with van der Waals surface area (Å²) in [6, 6.07) is 9.37. The van der Waals surface area contributed by atoms with Crippen molar-refractivity contribution in [3.05, 3.63) is 29.8 Å². The minimum absolute atomic E-state index is 0.461. The maximum Gasteiger partial charge on any atom is 0.222 e. The Balaban J connectivity index is 1.97. The van der Waals surface area contributed by atoms with Crippen molar-refractivity contribution in [2.75, 3.05) is 5.32 Å². The number of fused-ring (bicyclic) bond motifs is 1. The van der Waals surface area contributed by atoms with Gasteiger partial charge in [-0.05, 0) is 26.2 Å². The van der Waals surface area contributed by atoms with Gasteiger partial charge in [0.2, 0.25) is 5.95 Å². The van der Waals surface area contributed by atoms with Gasteiger partial charge in [-0.15, -0.1) is 5.10 Å². The van der Waals surface area contributed by atoms with E-state index in [0.29, 0.717) is 12.1 Å². The molecule has 1 aromatic heterocycles. The van der Waals surface area contributed by atoms with Gasteiger partial charge in [0.15, 0.2) is 5.82 Å². The molecule has 0 aliphatic carbocycles. The van der Waals surface area contributed by atoms with Crippen LogP contribution in [0, 0.1) is 6.92 Å². The third-order valence-electron chi connectivity index (χ3n) is 4.14. The second-order valence-corrected chi connectivity index (χ2v) is 5.62. The third kappa shape index (κ3) is 2.30. The van der Waals surface area contributed by atoms with E-state index in [1.807, 2.05) is 0 Å². The number of nitrogens with zero attached hydrogens (tertiary/aromatic N) is 3. The molecule has 2 unspecified atom stereocenters. The molecule has 0 bridgehead atoms. The summed E-state index contributed by atoms with van der Waals surface area (Å²) in [5.74, 6) is 1.74. The van der Waals surface area contributed by atoms with E-state index in [0.717, 1.165) is 36.6 Å². The summed E-state index contributed by atoms with van der Waals surface area (Å²) < 4.78 is 2.07. The molecule has 0 radical (unpaired) electrons. The molecule has 1 aliphatic heterocycles. The Morgan fingerprint density at radius 3 is 2.60 bits per heavy atom. The van der Waals surface area contributed by atoms with E-state index in [-0.39, 0.29) is 0 Å². The number of rotatable bonds is 3. The minimum atomic E-state index is 0.461. The molecule has 0 saturated heterocycles. The average molecular weight is 270 g/mol. The van der Waals surface area contributed by atoms with Crippen LogP contribution in [0.15, 0.2) is 24.3 Å². The summed E-state index contributed by atoms with van der Waals surface area (Å²) in [6.07, 6.45) is 3.36. The van der Waals surface area contributed by atoms with Crippen LogP contribution in [0.5, 0.6) is 0 Å². The quantitative estimate of drug-likeness (QED) is 0.922. The summed E-state index contributed by atoms with van der Waals surface area (Å²) in [5, 5.41) is 8.22. The van der Waals surface area contributed by atoms with Crippen LogP contribution < -0.4 is 5.32 Å². The van der Waals surface area contributed by atoms with Gasteiger partial charge in [-0.1, -0.05) is 43.7 Å². The monoisotopic (exact) mass is 270 g/mol. The number of hydrogen-bond donors (Lipinski definition) is 1. The summed E-state index contributed by atoms with van der Waals surface area (Å²) in [4.78, 5) is 4.69. The topological polar surface area (TPSA) is 42.7 Å². The molecule has 0 saturated carbocycles. The Labute approximate surface area is 120 Å². The minimum Gasteiger partial charge on any atom is -0.352 e. The molecule has 2 aromatic rings. The van der Waals surface area contributed by atoms with Gasteiger partial charge in [-0.25, -0.2) is 4.68 Å². The highest BCUT2D eigenvalue weighted by Gasteiger charge is 2.27. The first-order chi connectivity index (χ1) is 9.71. The number of aromatic nitrogens is 3. The Morgan fingerprint density at radius 1 is 1.20 bits per heavy atom. The first-order valence-corrected chi connectivity index (χ1v) is 7.51. The standard InChI is InChI=1S/C16H22N4/c1-4-13-10-14(5-2)20-16(17-13)18-15(19-20)12-8-6-11(3)7-9-12/h6-9,13-14H,4-5,10H2,1-3H3,(H,17,18,19). The van der Waals surface area contributed by atoms with Crippen LogP contribution in [0.2, 0.25) is 0 Å². The number of nitrogens with one attached hydrogen (secondary N) is 1. The van der Waals surface area contributed by atoms with Gasteiger partial charge in [0.05, 0.1) is 6.04 Å². The predicted octanol–water partition coefficient (Wildman–Crippen LogP) is 3.80. The SMILES string of the molecule is CCC1CC(CC)n2nc(-c3ccc(C)cc3)nc2N1. The van der Waals surface area contributed by atoms with Crippen LogP contribution in [-0.4, -0.2) is 20.8 Å². The molecule has 4 heteroatoms. The van der Waals surface area contributed by atoms with Crippen LogP contribution >= 0.6 is 0 Å². The molecule has 106 valence electrons. The van der Waals surface area contributed by atoms with Gasteiger partial charge in [0.25, 0.3) is 0 Å². The summed E-state index contributed by atoms with van der Waals surface area (Å²) >= 11 is 0. The van der Waals surface area contributed by atoms with Crippen LogP contribution in [0.3, 0.4) is 0 Å². The predicted molar refractivity (Wildman–Crippen MR) is 81.8 cm³/mol. The van der Waals surface area contributed by atoms with Gasteiger partial charge >= 0.3 is 0 Å². The van der Waals surface area contributed by atoms with Gasteiger partial charge in [-0.2, -0.15) is 4.98 Å². The first-order valence-electron chi connectivity index (χ1n) is 7.51. The van der Waals surface area contributed by atoms with Gasteiger partial charge in [-0.3, -0.25) is 0 Å². The van der Waals surface area contributed by atoms with Crippen molar-refractivity contribution >= 4 is 5.95 Å². The Bertz CT molecular complexity index is 585. The molecule has 0 fully saturated rings. The van der Waals surface area contributed by atoms with E-state index >= 15 is 0 Å². The van der Waals surface area contributed by atoms with E-state index in [1.54, 1.807) is 0 Å². The summed E-state index contributed by atoms with van der Waals surface area (Å²) in [6.45, 7) is 6.53. The number of anilines is 1. The van der Waals surface area contributed by atoms with Gasteiger partial charge in [0, 0.05) is 11.6 Å². The Kier molecular flexibility index (Phi) is 3.47. The summed E-state index contributed by atoms with van der Waals surface area (Å²) in [7, 11) is 0. The van der Waals surface area contributed by atoms with E-state index in [2.05, 4.69) is 60.0 Å². The largest absolute Gasteiger partial charge is 0.352 e. The Hall–Kier alpha value is -1.84. The first kappa shape index (κ1) is 13.2. The van der Waals surface area contributed by atoms with E-state index < -0.39 is 0 Å². The maximum atomic E-state index is 4.71. The molecule has 4 nitrogen and oxygen atoms in total. The average Bonchev–Trinajstić information content (AvgIpc) is 2.90. The number of aryl methyl sites for hydroxylation is 1. The molecule has 2 atom stereocenters. The molecular weight excluding hydrogens is 248 g/mol. The molecular formula is C16H22N4. The second-order valence-electron chi connectivity index (χ2n) is 5.62. The van der Waals surface area contributed by atoms with Gasteiger partial charge < -0.3 is 5.32 Å². The van der Waals surface area contributed by atoms with Crippen molar-refractivity contribution in [2.24, 2.45) is 0 Å². The van der Waals surface area contributed by atoms with Crippen molar-refractivity contribution < 1.29 is 0 Å². The molecule has 1 N–H and O–H groups in total. The molecule has 1 aliphatic rings.